The maximum atomic E-state index is 13.0. The van der Waals surface area contributed by atoms with Crippen molar-refractivity contribution in [3.63, 3.8) is 0 Å². The number of hydrogen-bond donors (Lipinski definition) is 4. The summed E-state index contributed by atoms with van der Waals surface area (Å²) < 4.78 is 38.9. The minimum absolute atomic E-state index is 0.0529. The van der Waals surface area contributed by atoms with E-state index in [9.17, 15) is 28.5 Å². The molecule has 146 valence electrons. The number of benzene rings is 1. The molecule has 0 spiro atoms. The van der Waals surface area contributed by atoms with Crippen LogP contribution in [-0.4, -0.2) is 26.5 Å². The Balaban J connectivity index is 1.81. The van der Waals surface area contributed by atoms with E-state index in [1.807, 2.05) is 0 Å². The smallest absolute Gasteiger partial charge is 0.387 e. The zero-order chi connectivity index (χ0) is 19.8. The van der Waals surface area contributed by atoms with Gasteiger partial charge < -0.3 is 15.3 Å². The molecule has 0 saturated heterocycles. The number of nitrogens with one attached hydrogen (secondary N) is 1. The summed E-state index contributed by atoms with van der Waals surface area (Å²) >= 11 is 5.85. The van der Waals surface area contributed by atoms with E-state index in [0.29, 0.717) is 0 Å². The fraction of sp³-hybridized carbons (Fsp3) is 0.389. The third-order valence-corrected chi connectivity index (χ3v) is 5.19. The third kappa shape index (κ3) is 3.81. The van der Waals surface area contributed by atoms with Crippen molar-refractivity contribution >= 4 is 11.6 Å². The van der Waals surface area contributed by atoms with Crippen LogP contribution in [0.4, 0.5) is 13.2 Å². The number of hydrogen-bond acceptors (Lipinski definition) is 5. The molecule has 27 heavy (non-hydrogen) atoms. The number of pyridine rings is 1. The van der Waals surface area contributed by atoms with Gasteiger partial charge in [0.2, 0.25) is 0 Å². The number of halogens is 4. The molecule has 0 amide bonds. The van der Waals surface area contributed by atoms with Gasteiger partial charge in [-0.25, -0.2) is 0 Å². The Morgan fingerprint density at radius 1 is 1.30 bits per heavy atom. The number of alkyl halides is 3. The molecule has 1 aliphatic carbocycles. The van der Waals surface area contributed by atoms with Gasteiger partial charge in [-0.15, -0.1) is 0 Å². The zero-order valence-corrected chi connectivity index (χ0v) is 14.8. The molecule has 4 N–H and O–H groups in total. The maximum Gasteiger partial charge on any atom is 0.417 e. The first-order valence-electron chi connectivity index (χ1n) is 8.26. The van der Waals surface area contributed by atoms with Crippen molar-refractivity contribution in [1.82, 2.24) is 10.3 Å². The third-order valence-electron chi connectivity index (χ3n) is 4.74. The van der Waals surface area contributed by atoms with Crippen LogP contribution in [0, 0.1) is 0 Å². The van der Waals surface area contributed by atoms with Crippen LogP contribution < -0.4 is 5.32 Å². The quantitative estimate of drug-likeness (QED) is 0.591. The van der Waals surface area contributed by atoms with E-state index in [1.165, 1.54) is 18.3 Å². The molecule has 0 radical (unpaired) electrons. The van der Waals surface area contributed by atoms with E-state index in [4.69, 9.17) is 11.6 Å². The molecule has 0 saturated carbocycles. The number of aromatic nitrogens is 1. The van der Waals surface area contributed by atoms with Crippen LogP contribution >= 0.6 is 11.6 Å². The summed E-state index contributed by atoms with van der Waals surface area (Å²) in [6, 6.07) is 6.62. The molecule has 1 heterocycles. The van der Waals surface area contributed by atoms with Crippen LogP contribution in [0.2, 0.25) is 5.02 Å². The van der Waals surface area contributed by atoms with E-state index < -0.39 is 34.7 Å². The summed E-state index contributed by atoms with van der Waals surface area (Å²) in [5.41, 5.74) is -2.02. The van der Waals surface area contributed by atoms with Crippen LogP contribution in [0.15, 0.2) is 36.5 Å². The lowest BCUT2D eigenvalue weighted by Crippen LogP contribution is -2.50. The first kappa shape index (κ1) is 20.0. The minimum atomic E-state index is -4.59. The van der Waals surface area contributed by atoms with E-state index in [2.05, 4.69) is 10.3 Å². The lowest BCUT2D eigenvalue weighted by molar-refractivity contribution is -0.137. The Morgan fingerprint density at radius 3 is 2.74 bits per heavy atom. The van der Waals surface area contributed by atoms with Crippen LogP contribution in [0.3, 0.4) is 0 Å². The Labute approximate surface area is 158 Å². The SMILES string of the molecule is OC1CCC(O)(C(O)NCc2cccc(C(F)(F)F)c2Cl)c2cccnc21. The second-order valence-corrected chi connectivity index (χ2v) is 6.85. The monoisotopic (exact) mass is 402 g/mol. The summed E-state index contributed by atoms with van der Waals surface area (Å²) in [5, 5.41) is 33.7. The second kappa shape index (κ2) is 7.37. The highest BCUT2D eigenvalue weighted by atomic mass is 35.5. The highest BCUT2D eigenvalue weighted by Crippen LogP contribution is 2.41. The normalized spacial score (nSPS) is 23.7. The van der Waals surface area contributed by atoms with Gasteiger partial charge in [0, 0.05) is 18.3 Å². The largest absolute Gasteiger partial charge is 0.417 e. The van der Waals surface area contributed by atoms with Gasteiger partial charge in [0.05, 0.1) is 22.4 Å². The van der Waals surface area contributed by atoms with Gasteiger partial charge in [-0.05, 0) is 30.5 Å². The lowest BCUT2D eigenvalue weighted by atomic mass is 9.79. The highest BCUT2D eigenvalue weighted by molar-refractivity contribution is 6.32. The molecule has 0 bridgehead atoms. The van der Waals surface area contributed by atoms with Crippen molar-refractivity contribution in [3.8, 4) is 0 Å². The van der Waals surface area contributed by atoms with Crippen molar-refractivity contribution in [2.24, 2.45) is 0 Å². The molecular formula is C18H18ClF3N2O3. The van der Waals surface area contributed by atoms with Crippen molar-refractivity contribution in [2.45, 2.75) is 43.5 Å². The summed E-state index contributed by atoms with van der Waals surface area (Å²) in [4.78, 5) is 4.05. The Bertz CT molecular complexity index is 834. The van der Waals surface area contributed by atoms with Crippen LogP contribution in [-0.2, 0) is 18.3 Å². The van der Waals surface area contributed by atoms with E-state index in [-0.39, 0.29) is 36.2 Å². The molecule has 5 nitrogen and oxygen atoms in total. The van der Waals surface area contributed by atoms with Crippen LogP contribution in [0.25, 0.3) is 0 Å². The zero-order valence-electron chi connectivity index (χ0n) is 14.0. The van der Waals surface area contributed by atoms with Gasteiger partial charge in [-0.3, -0.25) is 10.3 Å². The number of fused-ring (bicyclic) bond motifs is 1. The van der Waals surface area contributed by atoms with Crippen molar-refractivity contribution < 1.29 is 28.5 Å². The molecule has 9 heteroatoms. The van der Waals surface area contributed by atoms with Crippen molar-refractivity contribution in [1.29, 1.82) is 0 Å². The van der Waals surface area contributed by atoms with Crippen molar-refractivity contribution in [2.75, 3.05) is 0 Å². The summed E-state index contributed by atoms with van der Waals surface area (Å²) in [7, 11) is 0. The topological polar surface area (TPSA) is 85.6 Å². The van der Waals surface area contributed by atoms with Crippen molar-refractivity contribution in [3.05, 3.63) is 63.9 Å². The van der Waals surface area contributed by atoms with E-state index >= 15 is 0 Å². The summed E-state index contributed by atoms with van der Waals surface area (Å²) in [5.74, 6) is 0. The number of aliphatic hydroxyl groups excluding tert-OH is 2. The first-order valence-corrected chi connectivity index (χ1v) is 8.64. The molecule has 1 aromatic heterocycles. The lowest BCUT2D eigenvalue weighted by Gasteiger charge is -2.39. The van der Waals surface area contributed by atoms with E-state index in [1.54, 1.807) is 12.1 Å². The molecule has 3 atom stereocenters. The molecule has 1 aromatic carbocycles. The average Bonchev–Trinajstić information content (AvgIpc) is 2.63. The standard InChI is InChI=1S/C18H18ClF3N2O3/c19-14-10(3-1-4-11(14)18(20,21)22)9-24-16(26)17(27)7-6-13(25)15-12(17)5-2-8-23-15/h1-5,8,13,16,24-27H,6-7,9H2. The Morgan fingerprint density at radius 2 is 2.04 bits per heavy atom. The molecule has 3 rings (SSSR count). The van der Waals surface area contributed by atoms with Gasteiger partial charge >= 0.3 is 6.18 Å². The molecular weight excluding hydrogens is 385 g/mol. The van der Waals surface area contributed by atoms with Crippen LogP contribution in [0.5, 0.6) is 0 Å². The summed E-state index contributed by atoms with van der Waals surface area (Å²) in [6.45, 7) is -0.190. The highest BCUT2D eigenvalue weighted by Gasteiger charge is 2.44. The van der Waals surface area contributed by atoms with E-state index in [0.717, 1.165) is 6.07 Å². The fourth-order valence-corrected chi connectivity index (χ4v) is 3.57. The number of aliphatic hydroxyl groups is 3. The first-order chi connectivity index (χ1) is 12.6. The molecule has 0 fully saturated rings. The second-order valence-electron chi connectivity index (χ2n) is 6.47. The fourth-order valence-electron chi connectivity index (χ4n) is 3.27. The predicted octanol–water partition coefficient (Wildman–Crippen LogP) is 2.88. The predicted molar refractivity (Wildman–Crippen MR) is 91.6 cm³/mol. The number of nitrogens with zero attached hydrogens (tertiary/aromatic N) is 1. The molecule has 3 unspecified atom stereocenters. The number of rotatable bonds is 4. The Hall–Kier alpha value is -1.71. The molecule has 2 aromatic rings. The average molecular weight is 403 g/mol. The minimum Gasteiger partial charge on any atom is -0.387 e. The summed E-state index contributed by atoms with van der Waals surface area (Å²) in [6.07, 6.45) is -5.24. The van der Waals surface area contributed by atoms with Gasteiger partial charge in [0.15, 0.2) is 0 Å². The van der Waals surface area contributed by atoms with Gasteiger partial charge in [-0.2, -0.15) is 13.2 Å². The van der Waals surface area contributed by atoms with Gasteiger partial charge in [0.25, 0.3) is 0 Å². The molecule has 1 aliphatic rings. The van der Waals surface area contributed by atoms with Gasteiger partial charge in [0.1, 0.15) is 11.8 Å². The van der Waals surface area contributed by atoms with Crippen LogP contribution in [0.1, 0.15) is 41.3 Å². The molecule has 0 aliphatic heterocycles. The van der Waals surface area contributed by atoms with Gasteiger partial charge in [-0.1, -0.05) is 29.8 Å². The maximum absolute atomic E-state index is 13.0. The Kier molecular flexibility index (Phi) is 5.47.